The van der Waals surface area contributed by atoms with Gasteiger partial charge < -0.3 is 4.52 Å². The second-order valence-corrected chi connectivity index (χ2v) is 4.91. The van der Waals surface area contributed by atoms with Crippen LogP contribution in [0.1, 0.15) is 4.88 Å². The standard InChI is InChI=1S/C13H5F2N3OS/c14-9-3-1-7(5-10(9)15)12-17-13(19-18-12)11-4-2-8(6-16)20-11/h1-5H. The van der Waals surface area contributed by atoms with E-state index in [4.69, 9.17) is 9.78 Å². The van der Waals surface area contributed by atoms with Gasteiger partial charge in [0.25, 0.3) is 5.89 Å². The Morgan fingerprint density at radius 3 is 2.70 bits per heavy atom. The third-order valence-electron chi connectivity index (χ3n) is 2.53. The molecule has 0 saturated heterocycles. The van der Waals surface area contributed by atoms with E-state index in [0.29, 0.717) is 15.3 Å². The first-order valence-corrected chi connectivity index (χ1v) is 6.28. The summed E-state index contributed by atoms with van der Waals surface area (Å²) in [6, 6.07) is 8.70. The Morgan fingerprint density at radius 2 is 2.00 bits per heavy atom. The molecule has 0 N–H and O–H groups in total. The van der Waals surface area contributed by atoms with Gasteiger partial charge in [0.15, 0.2) is 11.6 Å². The van der Waals surface area contributed by atoms with E-state index < -0.39 is 11.6 Å². The Balaban J connectivity index is 1.97. The molecule has 2 heterocycles. The molecule has 98 valence electrons. The van der Waals surface area contributed by atoms with Crippen molar-refractivity contribution in [3.05, 3.63) is 46.8 Å². The van der Waals surface area contributed by atoms with Crippen molar-refractivity contribution in [3.63, 3.8) is 0 Å². The van der Waals surface area contributed by atoms with Gasteiger partial charge in [-0.15, -0.1) is 11.3 Å². The summed E-state index contributed by atoms with van der Waals surface area (Å²) in [6.07, 6.45) is 0. The van der Waals surface area contributed by atoms with Crippen molar-refractivity contribution in [2.45, 2.75) is 0 Å². The van der Waals surface area contributed by atoms with Crippen molar-refractivity contribution in [2.75, 3.05) is 0 Å². The average Bonchev–Trinajstić information content (AvgIpc) is 3.09. The zero-order valence-electron chi connectivity index (χ0n) is 9.80. The highest BCUT2D eigenvalue weighted by atomic mass is 32.1. The molecule has 0 fully saturated rings. The third-order valence-corrected chi connectivity index (χ3v) is 3.51. The van der Waals surface area contributed by atoms with E-state index in [0.717, 1.165) is 12.1 Å². The molecule has 3 aromatic rings. The van der Waals surface area contributed by atoms with Crippen molar-refractivity contribution in [3.8, 4) is 28.2 Å². The van der Waals surface area contributed by atoms with Crippen LogP contribution in [0.4, 0.5) is 8.78 Å². The van der Waals surface area contributed by atoms with Crippen LogP contribution in [0, 0.1) is 23.0 Å². The summed E-state index contributed by atoms with van der Waals surface area (Å²) < 4.78 is 31.1. The molecule has 0 radical (unpaired) electrons. The van der Waals surface area contributed by atoms with E-state index in [1.807, 2.05) is 6.07 Å². The highest BCUT2D eigenvalue weighted by molar-refractivity contribution is 7.15. The summed E-state index contributed by atoms with van der Waals surface area (Å²) in [5.74, 6) is -1.52. The quantitative estimate of drug-likeness (QED) is 0.723. The second kappa shape index (κ2) is 4.83. The molecular formula is C13H5F2N3OS. The lowest BCUT2D eigenvalue weighted by molar-refractivity contribution is 0.433. The normalized spacial score (nSPS) is 10.4. The van der Waals surface area contributed by atoms with Crippen LogP contribution in [0.25, 0.3) is 22.2 Å². The predicted octanol–water partition coefficient (Wildman–Crippen LogP) is 3.61. The predicted molar refractivity (Wildman–Crippen MR) is 67.7 cm³/mol. The van der Waals surface area contributed by atoms with Gasteiger partial charge in [-0.2, -0.15) is 10.2 Å². The number of halogens is 2. The van der Waals surface area contributed by atoms with Crippen LogP contribution in [-0.2, 0) is 0 Å². The van der Waals surface area contributed by atoms with Gasteiger partial charge in [-0.25, -0.2) is 8.78 Å². The minimum absolute atomic E-state index is 0.158. The maximum atomic E-state index is 13.1. The monoisotopic (exact) mass is 289 g/mol. The number of hydrogen-bond acceptors (Lipinski definition) is 5. The fourth-order valence-electron chi connectivity index (χ4n) is 1.59. The Bertz CT molecular complexity index is 819. The molecule has 0 saturated carbocycles. The number of nitriles is 1. The Hall–Kier alpha value is -2.59. The molecule has 0 aliphatic rings. The smallest absolute Gasteiger partial charge is 0.268 e. The molecule has 0 atom stereocenters. The van der Waals surface area contributed by atoms with Gasteiger partial charge in [0.2, 0.25) is 5.82 Å². The van der Waals surface area contributed by atoms with E-state index in [2.05, 4.69) is 10.1 Å². The van der Waals surface area contributed by atoms with Gasteiger partial charge in [0.05, 0.1) is 4.88 Å². The summed E-state index contributed by atoms with van der Waals surface area (Å²) in [7, 11) is 0. The van der Waals surface area contributed by atoms with Crippen molar-refractivity contribution < 1.29 is 13.3 Å². The first kappa shape index (κ1) is 12.4. The number of aromatic nitrogens is 2. The summed E-state index contributed by atoms with van der Waals surface area (Å²) in [4.78, 5) is 5.27. The number of rotatable bonds is 2. The third kappa shape index (κ3) is 2.17. The highest BCUT2D eigenvalue weighted by Crippen LogP contribution is 2.28. The molecule has 2 aromatic heterocycles. The lowest BCUT2D eigenvalue weighted by Crippen LogP contribution is -1.86. The second-order valence-electron chi connectivity index (χ2n) is 3.83. The van der Waals surface area contributed by atoms with Crippen molar-refractivity contribution in [2.24, 2.45) is 0 Å². The van der Waals surface area contributed by atoms with E-state index in [1.54, 1.807) is 12.1 Å². The van der Waals surface area contributed by atoms with Gasteiger partial charge in [0, 0.05) is 5.56 Å². The van der Waals surface area contributed by atoms with E-state index in [1.165, 1.54) is 17.4 Å². The molecule has 0 aliphatic carbocycles. The minimum atomic E-state index is -0.975. The molecule has 3 rings (SSSR count). The van der Waals surface area contributed by atoms with Gasteiger partial charge >= 0.3 is 0 Å². The lowest BCUT2D eigenvalue weighted by atomic mass is 10.2. The first-order chi connectivity index (χ1) is 9.67. The van der Waals surface area contributed by atoms with Crippen molar-refractivity contribution in [1.82, 2.24) is 10.1 Å². The van der Waals surface area contributed by atoms with Crippen LogP contribution in [-0.4, -0.2) is 10.1 Å². The molecule has 0 amide bonds. The van der Waals surface area contributed by atoms with Gasteiger partial charge in [-0.3, -0.25) is 0 Å². The molecule has 20 heavy (non-hydrogen) atoms. The van der Waals surface area contributed by atoms with E-state index in [9.17, 15) is 8.78 Å². The number of nitrogens with zero attached hydrogens (tertiary/aromatic N) is 3. The summed E-state index contributed by atoms with van der Waals surface area (Å²) in [6.45, 7) is 0. The number of thiophene rings is 1. The first-order valence-electron chi connectivity index (χ1n) is 5.47. The lowest BCUT2D eigenvalue weighted by Gasteiger charge is -1.95. The van der Waals surface area contributed by atoms with Gasteiger partial charge in [0.1, 0.15) is 10.9 Å². The molecule has 4 nitrogen and oxygen atoms in total. The number of hydrogen-bond donors (Lipinski definition) is 0. The SMILES string of the molecule is N#Cc1ccc(-c2nc(-c3ccc(F)c(F)c3)no2)s1. The van der Waals surface area contributed by atoms with Crippen LogP contribution in [0.3, 0.4) is 0 Å². The molecule has 7 heteroatoms. The maximum Gasteiger partial charge on any atom is 0.268 e. The van der Waals surface area contributed by atoms with Gasteiger partial charge in [-0.05, 0) is 30.3 Å². The average molecular weight is 289 g/mol. The molecule has 1 aromatic carbocycles. The van der Waals surface area contributed by atoms with Gasteiger partial charge in [-0.1, -0.05) is 5.16 Å². The molecule has 0 aliphatic heterocycles. The molecule has 0 spiro atoms. The van der Waals surface area contributed by atoms with E-state index >= 15 is 0 Å². The Kier molecular flexibility index (Phi) is 3.00. The Labute approximate surface area is 115 Å². The fraction of sp³-hybridized carbons (Fsp3) is 0. The molecular weight excluding hydrogens is 284 g/mol. The minimum Gasteiger partial charge on any atom is -0.333 e. The molecule has 0 bridgehead atoms. The summed E-state index contributed by atoms with van der Waals surface area (Å²) >= 11 is 1.21. The zero-order chi connectivity index (χ0) is 14.1. The van der Waals surface area contributed by atoms with Crippen LogP contribution < -0.4 is 0 Å². The van der Waals surface area contributed by atoms with Crippen LogP contribution in [0.5, 0.6) is 0 Å². The largest absolute Gasteiger partial charge is 0.333 e. The fourth-order valence-corrected chi connectivity index (χ4v) is 2.31. The summed E-state index contributed by atoms with van der Waals surface area (Å²) in [5.41, 5.74) is 0.316. The van der Waals surface area contributed by atoms with Crippen molar-refractivity contribution >= 4 is 11.3 Å². The topological polar surface area (TPSA) is 62.7 Å². The van der Waals surface area contributed by atoms with Crippen LogP contribution in [0.15, 0.2) is 34.9 Å². The zero-order valence-corrected chi connectivity index (χ0v) is 10.6. The van der Waals surface area contributed by atoms with Crippen LogP contribution in [0.2, 0.25) is 0 Å². The Morgan fingerprint density at radius 1 is 1.15 bits per heavy atom. The molecule has 0 unspecified atom stereocenters. The van der Waals surface area contributed by atoms with Crippen molar-refractivity contribution in [1.29, 1.82) is 5.26 Å². The summed E-state index contributed by atoms with van der Waals surface area (Å²) in [5, 5.41) is 12.5. The maximum absolute atomic E-state index is 13.1. The van der Waals surface area contributed by atoms with E-state index in [-0.39, 0.29) is 11.7 Å². The highest BCUT2D eigenvalue weighted by Gasteiger charge is 2.14. The number of benzene rings is 1. The van der Waals surface area contributed by atoms with Crippen LogP contribution >= 0.6 is 11.3 Å².